The third kappa shape index (κ3) is 1.41. The summed E-state index contributed by atoms with van der Waals surface area (Å²) >= 11 is 1.69. The van der Waals surface area contributed by atoms with Gasteiger partial charge in [0.1, 0.15) is 5.52 Å². The Morgan fingerprint density at radius 1 is 1.00 bits per heavy atom. The molecule has 4 nitrogen and oxygen atoms in total. The molecule has 0 spiro atoms. The van der Waals surface area contributed by atoms with Gasteiger partial charge in [0.25, 0.3) is 0 Å². The van der Waals surface area contributed by atoms with Gasteiger partial charge in [-0.15, -0.1) is 16.4 Å². The van der Waals surface area contributed by atoms with Gasteiger partial charge in [0.2, 0.25) is 0 Å². The van der Waals surface area contributed by atoms with E-state index in [0.29, 0.717) is 5.58 Å². The summed E-state index contributed by atoms with van der Waals surface area (Å²) in [7, 11) is 0. The number of fused-ring (bicyclic) bond motifs is 2. The summed E-state index contributed by atoms with van der Waals surface area (Å²) in [5.41, 5.74) is 4.64. The summed E-state index contributed by atoms with van der Waals surface area (Å²) < 4.78 is 6.18. The number of pyridine rings is 1. The molecule has 3 heterocycles. The van der Waals surface area contributed by atoms with Crippen molar-refractivity contribution in [2.45, 2.75) is 0 Å². The molecule has 0 atom stereocenters. The Hall–Kier alpha value is -2.27. The van der Waals surface area contributed by atoms with E-state index < -0.39 is 0 Å². The highest BCUT2D eigenvalue weighted by molar-refractivity contribution is 7.17. The SMILES string of the molecule is c1cc2ncc(-c3ccc4onnc4c3)cc2s1. The van der Waals surface area contributed by atoms with Gasteiger partial charge in [-0.25, -0.2) is 0 Å². The van der Waals surface area contributed by atoms with Crippen LogP contribution < -0.4 is 0 Å². The first kappa shape index (κ1) is 9.73. The molecule has 0 radical (unpaired) electrons. The Balaban J connectivity index is 1.93. The second kappa shape index (κ2) is 3.61. The van der Waals surface area contributed by atoms with Crippen LogP contribution in [0.15, 0.2) is 46.4 Å². The Labute approximate surface area is 106 Å². The van der Waals surface area contributed by atoms with Crippen molar-refractivity contribution >= 4 is 32.7 Å². The average Bonchev–Trinajstić information content (AvgIpc) is 3.05. The average molecular weight is 253 g/mol. The van der Waals surface area contributed by atoms with Crippen molar-refractivity contribution in [3.8, 4) is 11.1 Å². The van der Waals surface area contributed by atoms with Crippen molar-refractivity contribution in [1.82, 2.24) is 15.4 Å². The maximum Gasteiger partial charge on any atom is 0.187 e. The quantitative estimate of drug-likeness (QED) is 0.521. The third-order valence-corrected chi connectivity index (χ3v) is 3.74. The van der Waals surface area contributed by atoms with Crippen LogP contribution in [-0.4, -0.2) is 15.4 Å². The monoisotopic (exact) mass is 253 g/mol. The lowest BCUT2D eigenvalue weighted by Gasteiger charge is -2.00. The fraction of sp³-hybridized carbons (Fsp3) is 0. The highest BCUT2D eigenvalue weighted by Gasteiger charge is 2.05. The number of thiophene rings is 1. The molecule has 18 heavy (non-hydrogen) atoms. The zero-order valence-electron chi connectivity index (χ0n) is 9.20. The van der Waals surface area contributed by atoms with Gasteiger partial charge in [0, 0.05) is 17.0 Å². The maximum absolute atomic E-state index is 4.99. The molecular formula is C13H7N3OS. The van der Waals surface area contributed by atoms with E-state index in [4.69, 9.17) is 4.52 Å². The standard InChI is InChI=1S/C13H7N3OS/c1-2-12-11(15-16-17-12)5-8(1)9-6-13-10(14-7-9)3-4-18-13/h1-7H. The molecule has 0 aliphatic carbocycles. The molecule has 86 valence electrons. The van der Waals surface area contributed by atoms with Crippen molar-refractivity contribution < 1.29 is 4.52 Å². The summed E-state index contributed by atoms with van der Waals surface area (Å²) in [5, 5.41) is 9.51. The summed E-state index contributed by atoms with van der Waals surface area (Å²) in [6.45, 7) is 0. The van der Waals surface area contributed by atoms with E-state index in [1.165, 1.54) is 4.70 Å². The fourth-order valence-corrected chi connectivity index (χ4v) is 2.75. The van der Waals surface area contributed by atoms with E-state index in [-0.39, 0.29) is 0 Å². The van der Waals surface area contributed by atoms with E-state index >= 15 is 0 Å². The largest absolute Gasteiger partial charge is 0.337 e. The van der Waals surface area contributed by atoms with Crippen LogP contribution in [0.2, 0.25) is 0 Å². The van der Waals surface area contributed by atoms with Crippen molar-refractivity contribution in [1.29, 1.82) is 0 Å². The van der Waals surface area contributed by atoms with Crippen LogP contribution in [0.3, 0.4) is 0 Å². The minimum absolute atomic E-state index is 0.698. The van der Waals surface area contributed by atoms with Gasteiger partial charge in [0.15, 0.2) is 5.58 Å². The van der Waals surface area contributed by atoms with Crippen molar-refractivity contribution in [3.05, 3.63) is 41.9 Å². The van der Waals surface area contributed by atoms with Gasteiger partial charge in [-0.05, 0) is 35.2 Å². The Kier molecular flexibility index (Phi) is 1.95. The molecule has 0 bridgehead atoms. The van der Waals surface area contributed by atoms with Crippen molar-refractivity contribution in [2.75, 3.05) is 0 Å². The topological polar surface area (TPSA) is 51.8 Å². The van der Waals surface area contributed by atoms with Gasteiger partial charge in [-0.1, -0.05) is 6.07 Å². The predicted octanol–water partition coefficient (Wildman–Crippen LogP) is 3.50. The summed E-state index contributed by atoms with van der Waals surface area (Å²) in [6, 6.07) is 9.99. The lowest BCUT2D eigenvalue weighted by molar-refractivity contribution is 0.424. The van der Waals surface area contributed by atoms with E-state index in [2.05, 4.69) is 21.4 Å². The van der Waals surface area contributed by atoms with E-state index in [1.54, 1.807) is 11.3 Å². The minimum Gasteiger partial charge on any atom is -0.337 e. The molecule has 0 unspecified atom stereocenters. The maximum atomic E-state index is 4.99. The first-order valence-electron chi connectivity index (χ1n) is 5.46. The number of hydrogen-bond donors (Lipinski definition) is 0. The van der Waals surface area contributed by atoms with Crippen LogP contribution in [-0.2, 0) is 0 Å². The highest BCUT2D eigenvalue weighted by atomic mass is 32.1. The van der Waals surface area contributed by atoms with E-state index in [1.807, 2.05) is 35.8 Å². The molecule has 0 fully saturated rings. The molecular weight excluding hydrogens is 246 g/mol. The molecule has 0 saturated heterocycles. The zero-order valence-corrected chi connectivity index (χ0v) is 10.0. The number of hydrogen-bond acceptors (Lipinski definition) is 5. The molecule has 0 aliphatic rings. The molecule has 0 amide bonds. The van der Waals surface area contributed by atoms with Crippen molar-refractivity contribution in [3.63, 3.8) is 0 Å². The molecule has 1 aromatic carbocycles. The molecule has 0 N–H and O–H groups in total. The smallest absolute Gasteiger partial charge is 0.187 e. The molecule has 4 aromatic rings. The van der Waals surface area contributed by atoms with Gasteiger partial charge in [-0.2, -0.15) is 0 Å². The van der Waals surface area contributed by atoms with Crippen LogP contribution in [0.1, 0.15) is 0 Å². The molecule has 3 aromatic heterocycles. The lowest BCUT2D eigenvalue weighted by atomic mass is 10.1. The van der Waals surface area contributed by atoms with Gasteiger partial charge >= 0.3 is 0 Å². The highest BCUT2D eigenvalue weighted by Crippen LogP contribution is 2.27. The Morgan fingerprint density at radius 3 is 3.00 bits per heavy atom. The second-order valence-electron chi connectivity index (χ2n) is 3.98. The normalized spacial score (nSPS) is 11.3. The first-order chi connectivity index (χ1) is 8.90. The summed E-state index contributed by atoms with van der Waals surface area (Å²) in [5.74, 6) is 0. The number of aromatic nitrogens is 3. The summed E-state index contributed by atoms with van der Waals surface area (Å²) in [6.07, 6.45) is 1.88. The lowest BCUT2D eigenvalue weighted by Crippen LogP contribution is -1.80. The first-order valence-corrected chi connectivity index (χ1v) is 6.34. The number of benzene rings is 1. The Bertz CT molecular complexity index is 777. The van der Waals surface area contributed by atoms with Gasteiger partial charge < -0.3 is 4.52 Å². The molecule has 5 heteroatoms. The van der Waals surface area contributed by atoms with Crippen LogP contribution in [0.25, 0.3) is 32.4 Å². The van der Waals surface area contributed by atoms with Crippen LogP contribution in [0, 0.1) is 0 Å². The number of nitrogens with zero attached hydrogens (tertiary/aromatic N) is 3. The van der Waals surface area contributed by atoms with Crippen LogP contribution >= 0.6 is 11.3 Å². The minimum atomic E-state index is 0.698. The van der Waals surface area contributed by atoms with Crippen LogP contribution in [0.5, 0.6) is 0 Å². The molecule has 0 saturated carbocycles. The molecule has 0 aliphatic heterocycles. The van der Waals surface area contributed by atoms with E-state index in [9.17, 15) is 0 Å². The van der Waals surface area contributed by atoms with Crippen LogP contribution in [0.4, 0.5) is 0 Å². The number of rotatable bonds is 1. The van der Waals surface area contributed by atoms with Gasteiger partial charge in [0.05, 0.1) is 10.2 Å². The Morgan fingerprint density at radius 2 is 2.00 bits per heavy atom. The zero-order chi connectivity index (χ0) is 11.9. The predicted molar refractivity (Wildman–Crippen MR) is 70.4 cm³/mol. The second-order valence-corrected chi connectivity index (χ2v) is 4.93. The summed E-state index contributed by atoms with van der Waals surface area (Å²) in [4.78, 5) is 4.44. The third-order valence-electron chi connectivity index (χ3n) is 2.88. The molecule has 4 rings (SSSR count). The fourth-order valence-electron chi connectivity index (χ4n) is 1.97. The van der Waals surface area contributed by atoms with Crippen molar-refractivity contribution in [2.24, 2.45) is 0 Å². The van der Waals surface area contributed by atoms with E-state index in [0.717, 1.165) is 22.2 Å². The van der Waals surface area contributed by atoms with Gasteiger partial charge in [-0.3, -0.25) is 4.98 Å².